The van der Waals surface area contributed by atoms with Gasteiger partial charge >= 0.3 is 11.6 Å². The first-order valence-electron chi connectivity index (χ1n) is 6.85. The van der Waals surface area contributed by atoms with Gasteiger partial charge in [-0.05, 0) is 24.3 Å². The molecule has 1 amide bonds. The second-order valence-corrected chi connectivity index (χ2v) is 4.70. The number of nitrogens with zero attached hydrogens (tertiary/aromatic N) is 3. The minimum Gasteiger partial charge on any atom is -0.475 e. The van der Waals surface area contributed by atoms with Crippen LogP contribution in [0.5, 0.6) is 0 Å². The number of rotatable bonds is 4. The molecule has 6 heteroatoms. The van der Waals surface area contributed by atoms with Crippen molar-refractivity contribution in [1.29, 1.82) is 5.39 Å². The lowest BCUT2D eigenvalue weighted by Crippen LogP contribution is -2.27. The molecular weight excluding hydrogens is 294 g/mol. The molecule has 0 saturated heterocycles. The number of hydrogen-bond acceptors (Lipinski definition) is 4. The summed E-state index contributed by atoms with van der Waals surface area (Å²) in [5.74, 6) is -0.882. The molecule has 0 atom stereocenters. The maximum Gasteiger partial charge on any atom is 0.471 e. The summed E-state index contributed by atoms with van der Waals surface area (Å²) in [6, 6.07) is 15.6. The Labute approximate surface area is 133 Å². The zero-order chi connectivity index (χ0) is 16.8. The van der Waals surface area contributed by atoms with Crippen LogP contribution in [0.1, 0.15) is 15.9 Å². The van der Waals surface area contributed by atoms with E-state index in [9.17, 15) is 9.90 Å². The van der Waals surface area contributed by atoms with Crippen LogP contribution in [0, 0.1) is 5.39 Å². The van der Waals surface area contributed by atoms with Crippen LogP contribution in [0.4, 0.5) is 5.69 Å². The van der Waals surface area contributed by atoms with Crippen molar-refractivity contribution in [3.8, 4) is 0 Å². The Morgan fingerprint density at radius 3 is 2.22 bits per heavy atom. The number of anilines is 1. The minimum absolute atomic E-state index is 0.210. The normalized spacial score (nSPS) is 11.2. The molecule has 23 heavy (non-hydrogen) atoms. The van der Waals surface area contributed by atoms with Gasteiger partial charge < -0.3 is 14.7 Å². The van der Waals surface area contributed by atoms with Gasteiger partial charge in [0.15, 0.2) is 4.98 Å². The average Bonchev–Trinajstić information content (AvgIpc) is 2.62. The van der Waals surface area contributed by atoms with E-state index in [-0.39, 0.29) is 22.7 Å². The van der Waals surface area contributed by atoms with E-state index in [2.05, 4.69) is 4.98 Å². The molecule has 0 aromatic heterocycles. The van der Waals surface area contributed by atoms with E-state index in [0.29, 0.717) is 0 Å². The molecule has 0 heterocycles. The molecule has 0 radical (unpaired) electrons. The summed E-state index contributed by atoms with van der Waals surface area (Å²) in [6.07, 6.45) is 0. The van der Waals surface area contributed by atoms with Crippen molar-refractivity contribution in [1.82, 2.24) is 0 Å². The highest BCUT2D eigenvalue weighted by Crippen LogP contribution is 2.25. The predicted octanol–water partition coefficient (Wildman–Crippen LogP) is 3.65. The smallest absolute Gasteiger partial charge is 0.471 e. The largest absolute Gasteiger partial charge is 0.475 e. The number of methoxy groups -OCH3 is 1. The van der Waals surface area contributed by atoms with Crippen LogP contribution in [0.25, 0.3) is 10.7 Å². The maximum absolute atomic E-state index is 12.8. The van der Waals surface area contributed by atoms with Crippen LogP contribution in [0.3, 0.4) is 0 Å². The van der Waals surface area contributed by atoms with Crippen LogP contribution in [-0.2, 0) is 4.74 Å². The molecule has 6 nitrogen and oxygen atoms in total. The summed E-state index contributed by atoms with van der Waals surface area (Å²) in [7, 11) is 2.88. The Morgan fingerprint density at radius 1 is 1.09 bits per heavy atom. The highest BCUT2D eigenvalue weighted by Gasteiger charge is 2.29. The zero-order valence-corrected chi connectivity index (χ0v) is 12.8. The van der Waals surface area contributed by atoms with E-state index >= 15 is 0 Å². The van der Waals surface area contributed by atoms with Crippen molar-refractivity contribution in [3.63, 3.8) is 0 Å². The number of para-hydroxylation sites is 1. The van der Waals surface area contributed by atoms with Gasteiger partial charge in [-0.1, -0.05) is 30.3 Å². The Morgan fingerprint density at radius 2 is 1.65 bits per heavy atom. The number of amides is 1. The first-order valence-corrected chi connectivity index (χ1v) is 6.85. The van der Waals surface area contributed by atoms with Crippen LogP contribution in [0.2, 0.25) is 0 Å². The van der Waals surface area contributed by atoms with Crippen LogP contribution >= 0.6 is 0 Å². The quantitative estimate of drug-likeness (QED) is 0.690. The summed E-state index contributed by atoms with van der Waals surface area (Å²) in [5.41, 5.74) is 1.05. The second-order valence-electron chi connectivity index (χ2n) is 4.70. The molecule has 0 aliphatic rings. The topological polar surface area (TPSA) is 77.9 Å². The Balaban J connectivity index is 2.49. The van der Waals surface area contributed by atoms with Crippen molar-refractivity contribution >= 4 is 17.3 Å². The Kier molecular flexibility index (Phi) is 4.95. The molecule has 0 aliphatic carbocycles. The van der Waals surface area contributed by atoms with Crippen LogP contribution in [-0.4, -0.2) is 25.2 Å². The number of carbonyl (C=O) groups is 1. The number of aliphatic hydroxyl groups is 1. The Bertz CT molecular complexity index is 779. The van der Waals surface area contributed by atoms with Crippen LogP contribution < -0.4 is 4.90 Å². The van der Waals surface area contributed by atoms with Crippen molar-refractivity contribution in [3.05, 3.63) is 76.6 Å². The molecule has 2 aromatic rings. The molecule has 0 saturated carbocycles. The molecule has 2 aromatic carbocycles. The Hall–Kier alpha value is -3.33. The van der Waals surface area contributed by atoms with Gasteiger partial charge in [-0.15, -0.1) is 0 Å². The van der Waals surface area contributed by atoms with Crippen molar-refractivity contribution in [2.24, 2.45) is 0 Å². The van der Waals surface area contributed by atoms with Gasteiger partial charge in [0.2, 0.25) is 5.39 Å². The van der Waals surface area contributed by atoms with Crippen molar-refractivity contribution in [2.75, 3.05) is 19.1 Å². The molecule has 0 fully saturated rings. The lowest BCUT2D eigenvalue weighted by molar-refractivity contribution is 0.0992. The lowest BCUT2D eigenvalue weighted by atomic mass is 10.0. The van der Waals surface area contributed by atoms with E-state index in [0.717, 1.165) is 5.69 Å². The number of carbonyl (C=O) groups excluding carboxylic acids is 1. The lowest BCUT2D eigenvalue weighted by Gasteiger charge is -2.18. The van der Waals surface area contributed by atoms with Gasteiger partial charge in [-0.25, -0.2) is 0 Å². The number of diazo groups is 1. The van der Waals surface area contributed by atoms with E-state index in [4.69, 9.17) is 10.1 Å². The van der Waals surface area contributed by atoms with E-state index < -0.39 is 5.95 Å². The van der Waals surface area contributed by atoms with E-state index in [1.807, 2.05) is 18.2 Å². The fourth-order valence-electron chi connectivity index (χ4n) is 2.13. The summed E-state index contributed by atoms with van der Waals surface area (Å²) >= 11 is 0. The molecule has 2 rings (SSSR count). The van der Waals surface area contributed by atoms with Gasteiger partial charge in [0.1, 0.15) is 0 Å². The number of aliphatic hydroxyl groups excluding tert-OH is 1. The summed E-state index contributed by atoms with van der Waals surface area (Å²) < 4.78 is 4.69. The van der Waals surface area contributed by atoms with Gasteiger partial charge in [-0.2, -0.15) is 0 Å². The average molecular weight is 310 g/mol. The third-order valence-corrected chi connectivity index (χ3v) is 3.36. The van der Waals surface area contributed by atoms with Gasteiger partial charge in [-0.3, -0.25) is 4.79 Å². The standard InChI is InChI=1S/C17H15N3O3/c1-20(12-8-4-3-5-9-12)16(21)14-11-7-6-10-13(14)15(19-18)17(22)23-2/h3-11H,1-2H3/p+1. The van der Waals surface area contributed by atoms with Gasteiger partial charge in [0.25, 0.3) is 5.91 Å². The second kappa shape index (κ2) is 7.09. The molecule has 0 unspecified atom stereocenters. The molecule has 0 bridgehead atoms. The maximum atomic E-state index is 12.8. The fraction of sp³-hybridized carbons (Fsp3) is 0.118. The number of ether oxygens (including phenoxy) is 1. The SMILES string of the molecule is CO/C(O)=C(/[N+]#N)c1ccccc1C(=O)N(C)c1ccccc1. The highest BCUT2D eigenvalue weighted by atomic mass is 16.6. The molecule has 1 N–H and O–H groups in total. The third-order valence-electron chi connectivity index (χ3n) is 3.36. The molecule has 116 valence electrons. The predicted molar refractivity (Wildman–Crippen MR) is 87.3 cm³/mol. The highest BCUT2D eigenvalue weighted by molar-refractivity contribution is 6.09. The fourth-order valence-corrected chi connectivity index (χ4v) is 2.13. The summed E-state index contributed by atoms with van der Waals surface area (Å²) in [6.45, 7) is 0. The number of benzene rings is 2. The van der Waals surface area contributed by atoms with Crippen molar-refractivity contribution in [2.45, 2.75) is 0 Å². The summed E-state index contributed by atoms with van der Waals surface area (Å²) in [4.78, 5) is 17.3. The van der Waals surface area contributed by atoms with Crippen LogP contribution in [0.15, 0.2) is 60.5 Å². The molecule has 0 spiro atoms. The third kappa shape index (κ3) is 3.30. The van der Waals surface area contributed by atoms with Gasteiger partial charge in [0.05, 0.1) is 18.2 Å². The van der Waals surface area contributed by atoms with E-state index in [1.165, 1.54) is 12.0 Å². The van der Waals surface area contributed by atoms with E-state index in [1.54, 1.807) is 43.4 Å². The first-order chi connectivity index (χ1) is 11.1. The van der Waals surface area contributed by atoms with Gasteiger partial charge in [0, 0.05) is 12.7 Å². The zero-order valence-electron chi connectivity index (χ0n) is 12.8. The first kappa shape index (κ1) is 16.0. The molecule has 0 aliphatic heterocycles. The minimum atomic E-state index is -0.574. The number of hydrogen-bond donors (Lipinski definition) is 1. The molecular formula is C17H16N3O3+. The van der Waals surface area contributed by atoms with Crippen molar-refractivity contribution < 1.29 is 14.6 Å². The monoisotopic (exact) mass is 310 g/mol. The summed E-state index contributed by atoms with van der Waals surface area (Å²) in [5, 5.41) is 18.9.